The first kappa shape index (κ1) is 19.2. The third kappa shape index (κ3) is 4.14. The summed E-state index contributed by atoms with van der Waals surface area (Å²) in [7, 11) is 0. The van der Waals surface area contributed by atoms with E-state index in [-0.39, 0.29) is 18.0 Å². The maximum Gasteiger partial charge on any atom is 0.126 e. The van der Waals surface area contributed by atoms with Gasteiger partial charge in [0.2, 0.25) is 0 Å². The Hall–Kier alpha value is -2.14. The Bertz CT molecular complexity index is 1020. The van der Waals surface area contributed by atoms with Crippen LogP contribution in [0.25, 0.3) is 0 Å². The van der Waals surface area contributed by atoms with Crippen molar-refractivity contribution in [3.8, 4) is 5.75 Å². The number of hydrogen-bond acceptors (Lipinski definition) is 3. The fourth-order valence-corrected chi connectivity index (χ4v) is 3.89. The Morgan fingerprint density at radius 2 is 1.75 bits per heavy atom. The van der Waals surface area contributed by atoms with Crippen LogP contribution in [0.3, 0.4) is 0 Å². The fraction of sp³-hybridized carbons (Fsp3) is 0.174. The Kier molecular flexibility index (Phi) is 5.54. The van der Waals surface area contributed by atoms with Gasteiger partial charge in [0.15, 0.2) is 0 Å². The lowest BCUT2D eigenvalue weighted by Gasteiger charge is -2.31. The fourth-order valence-electron chi connectivity index (χ4n) is 3.45. The van der Waals surface area contributed by atoms with Crippen LogP contribution >= 0.6 is 27.5 Å². The quantitative estimate of drug-likeness (QED) is 0.484. The highest BCUT2D eigenvalue weighted by molar-refractivity contribution is 9.10. The Morgan fingerprint density at radius 3 is 2.46 bits per heavy atom. The molecule has 142 valence electrons. The van der Waals surface area contributed by atoms with Crippen LogP contribution in [0.15, 0.2) is 76.2 Å². The normalized spacial score (nSPS) is 19.3. The minimum Gasteiger partial charge on any atom is -0.508 e. The molecule has 0 amide bonds. The van der Waals surface area contributed by atoms with Crippen molar-refractivity contribution >= 4 is 33.2 Å². The van der Waals surface area contributed by atoms with Gasteiger partial charge in [0.25, 0.3) is 0 Å². The number of aryl methyl sites for hydroxylation is 1. The van der Waals surface area contributed by atoms with E-state index in [9.17, 15) is 5.11 Å². The van der Waals surface area contributed by atoms with E-state index in [0.717, 1.165) is 26.9 Å². The van der Waals surface area contributed by atoms with Crippen LogP contribution in [0.5, 0.6) is 5.75 Å². The molecule has 3 aromatic rings. The van der Waals surface area contributed by atoms with E-state index in [0.29, 0.717) is 11.4 Å². The van der Waals surface area contributed by atoms with Crippen LogP contribution in [0.4, 0.5) is 0 Å². The number of aliphatic imine (C=N–C) groups is 1. The molecule has 5 heteroatoms. The van der Waals surface area contributed by atoms with Crippen LogP contribution in [0, 0.1) is 6.92 Å². The SMILES string of the molecule is Cc1ccc(C2=N[C@@H](c3ccc(Br)cc3)N[C@@H](c3cc(Cl)ccc3O)C2)cc1. The molecule has 0 aromatic heterocycles. The van der Waals surface area contributed by atoms with Crippen LogP contribution in [-0.2, 0) is 0 Å². The van der Waals surface area contributed by atoms with E-state index in [4.69, 9.17) is 16.6 Å². The van der Waals surface area contributed by atoms with E-state index in [2.05, 4.69) is 64.6 Å². The van der Waals surface area contributed by atoms with Gasteiger partial charge in [-0.2, -0.15) is 0 Å². The number of hydrogen-bond donors (Lipinski definition) is 2. The molecular weight excluding hydrogens is 436 g/mol. The summed E-state index contributed by atoms with van der Waals surface area (Å²) in [6.07, 6.45) is 0.464. The number of aromatic hydroxyl groups is 1. The second-order valence-electron chi connectivity index (χ2n) is 7.02. The van der Waals surface area contributed by atoms with Gasteiger partial charge in [0, 0.05) is 33.2 Å². The monoisotopic (exact) mass is 454 g/mol. The zero-order chi connectivity index (χ0) is 19.7. The molecule has 2 N–H and O–H groups in total. The van der Waals surface area contributed by atoms with Gasteiger partial charge in [-0.15, -0.1) is 0 Å². The molecule has 0 saturated carbocycles. The molecule has 4 rings (SSSR count). The van der Waals surface area contributed by atoms with E-state index in [1.807, 2.05) is 18.2 Å². The van der Waals surface area contributed by atoms with Gasteiger partial charge in [-0.1, -0.05) is 69.5 Å². The molecular formula is C23H20BrClN2O. The summed E-state index contributed by atoms with van der Waals surface area (Å²) in [5.74, 6) is 0.238. The van der Waals surface area contributed by atoms with Gasteiger partial charge in [0.1, 0.15) is 11.9 Å². The smallest absolute Gasteiger partial charge is 0.126 e. The molecule has 28 heavy (non-hydrogen) atoms. The number of benzene rings is 3. The lowest BCUT2D eigenvalue weighted by molar-refractivity contribution is 0.412. The summed E-state index contributed by atoms with van der Waals surface area (Å²) in [5, 5.41) is 14.6. The average Bonchev–Trinajstić information content (AvgIpc) is 2.70. The van der Waals surface area contributed by atoms with Gasteiger partial charge in [0.05, 0.1) is 0 Å². The standard InChI is InChI=1S/C23H20BrClN2O/c1-14-2-4-15(5-3-14)20-13-21(19-12-18(25)10-11-22(19)28)27-23(26-20)16-6-8-17(24)9-7-16/h2-12,21,23,27-28H,13H2,1H3/t21-,23-/m1/s1. The molecule has 1 aliphatic heterocycles. The second-order valence-corrected chi connectivity index (χ2v) is 8.37. The summed E-state index contributed by atoms with van der Waals surface area (Å²) < 4.78 is 1.03. The molecule has 0 spiro atoms. The van der Waals surface area contributed by atoms with Crippen molar-refractivity contribution in [2.75, 3.05) is 0 Å². The number of halogens is 2. The Balaban J connectivity index is 1.76. The minimum atomic E-state index is -0.207. The van der Waals surface area contributed by atoms with Crippen molar-refractivity contribution in [1.82, 2.24) is 5.32 Å². The van der Waals surface area contributed by atoms with Crippen molar-refractivity contribution < 1.29 is 5.11 Å². The van der Waals surface area contributed by atoms with Crippen molar-refractivity contribution in [2.24, 2.45) is 4.99 Å². The maximum atomic E-state index is 10.4. The molecule has 0 radical (unpaired) electrons. The second kappa shape index (κ2) is 8.08. The molecule has 0 bridgehead atoms. The van der Waals surface area contributed by atoms with Crippen LogP contribution in [-0.4, -0.2) is 10.8 Å². The van der Waals surface area contributed by atoms with E-state index >= 15 is 0 Å². The highest BCUT2D eigenvalue weighted by Gasteiger charge is 2.27. The maximum absolute atomic E-state index is 10.4. The summed E-state index contributed by atoms with van der Waals surface area (Å²) in [6, 6.07) is 21.6. The Labute approximate surface area is 178 Å². The largest absolute Gasteiger partial charge is 0.508 e. The van der Waals surface area contributed by atoms with E-state index < -0.39 is 0 Å². The molecule has 1 heterocycles. The lowest BCUT2D eigenvalue weighted by Crippen LogP contribution is -2.33. The van der Waals surface area contributed by atoms with Crippen LogP contribution in [0.2, 0.25) is 5.02 Å². The number of nitrogens with one attached hydrogen (secondary N) is 1. The molecule has 1 aliphatic rings. The van der Waals surface area contributed by atoms with Crippen molar-refractivity contribution in [3.05, 3.63) is 98.5 Å². The van der Waals surface area contributed by atoms with Gasteiger partial charge >= 0.3 is 0 Å². The van der Waals surface area contributed by atoms with Crippen LogP contribution < -0.4 is 5.32 Å². The Morgan fingerprint density at radius 1 is 1.04 bits per heavy atom. The molecule has 2 atom stereocenters. The van der Waals surface area contributed by atoms with Gasteiger partial charge in [-0.25, -0.2) is 0 Å². The average molecular weight is 456 g/mol. The van der Waals surface area contributed by atoms with Gasteiger partial charge < -0.3 is 5.11 Å². The predicted octanol–water partition coefficient (Wildman–Crippen LogP) is 6.34. The molecule has 3 aromatic carbocycles. The third-order valence-corrected chi connectivity index (χ3v) is 5.74. The minimum absolute atomic E-state index is 0.0962. The zero-order valence-corrected chi connectivity index (χ0v) is 17.7. The number of nitrogens with zero attached hydrogens (tertiary/aromatic N) is 1. The van der Waals surface area contributed by atoms with Crippen molar-refractivity contribution in [3.63, 3.8) is 0 Å². The number of phenols is 1. The van der Waals surface area contributed by atoms with Crippen molar-refractivity contribution in [2.45, 2.75) is 25.6 Å². The molecule has 0 fully saturated rings. The highest BCUT2D eigenvalue weighted by atomic mass is 79.9. The lowest BCUT2D eigenvalue weighted by atomic mass is 9.93. The summed E-state index contributed by atoms with van der Waals surface area (Å²) in [4.78, 5) is 4.99. The molecule has 0 saturated heterocycles. The van der Waals surface area contributed by atoms with Gasteiger partial charge in [-0.05, 0) is 48.4 Å². The third-order valence-electron chi connectivity index (χ3n) is 4.98. The summed E-state index contributed by atoms with van der Waals surface area (Å²) in [5.41, 5.74) is 5.18. The first-order chi connectivity index (χ1) is 13.5. The zero-order valence-electron chi connectivity index (χ0n) is 15.4. The first-order valence-electron chi connectivity index (χ1n) is 9.13. The highest BCUT2D eigenvalue weighted by Crippen LogP contribution is 2.36. The molecule has 0 unspecified atom stereocenters. The number of rotatable bonds is 3. The van der Waals surface area contributed by atoms with E-state index in [1.165, 1.54) is 5.56 Å². The summed E-state index contributed by atoms with van der Waals surface area (Å²) >= 11 is 9.69. The summed E-state index contributed by atoms with van der Waals surface area (Å²) in [6.45, 7) is 2.07. The van der Waals surface area contributed by atoms with Crippen molar-refractivity contribution in [1.29, 1.82) is 0 Å². The number of phenolic OH excluding ortho intramolecular Hbond substituents is 1. The molecule has 0 aliphatic carbocycles. The van der Waals surface area contributed by atoms with Gasteiger partial charge in [-0.3, -0.25) is 10.3 Å². The van der Waals surface area contributed by atoms with Crippen LogP contribution in [0.1, 0.15) is 40.9 Å². The molecule has 3 nitrogen and oxygen atoms in total. The van der Waals surface area contributed by atoms with E-state index in [1.54, 1.807) is 12.1 Å². The predicted molar refractivity (Wildman–Crippen MR) is 118 cm³/mol. The topological polar surface area (TPSA) is 44.6 Å². The first-order valence-corrected chi connectivity index (χ1v) is 10.3.